The summed E-state index contributed by atoms with van der Waals surface area (Å²) in [6.07, 6.45) is 6.70. The van der Waals surface area contributed by atoms with Gasteiger partial charge in [-0.15, -0.1) is 0 Å². The molecule has 1 aromatic carbocycles. The molecule has 1 aliphatic heterocycles. The van der Waals surface area contributed by atoms with E-state index in [1.807, 2.05) is 0 Å². The van der Waals surface area contributed by atoms with Crippen LogP contribution >= 0.6 is 0 Å². The van der Waals surface area contributed by atoms with Gasteiger partial charge >= 0.3 is 0 Å². The first kappa shape index (κ1) is 20.2. The fraction of sp³-hybridized carbons (Fsp3) is 0.389. The standard InChI is InChI=1S/C18H21N7O4S/c26-25(27)14-4-6-15(7-5-14)30(28,29)22-8-11-24-18-16(12-21-24)17(19-13-20-18)23-9-2-1-3-10-23/h4-7,12-13,22H,1-3,8-11H2. The molecule has 11 nitrogen and oxygen atoms in total. The van der Waals surface area contributed by atoms with Gasteiger partial charge in [0.15, 0.2) is 5.65 Å². The number of fused-ring (bicyclic) bond motifs is 1. The lowest BCUT2D eigenvalue weighted by molar-refractivity contribution is -0.384. The van der Waals surface area contributed by atoms with Crippen LogP contribution < -0.4 is 9.62 Å². The summed E-state index contributed by atoms with van der Waals surface area (Å²) < 4.78 is 29.0. The molecule has 4 rings (SSSR count). The lowest BCUT2D eigenvalue weighted by atomic mass is 10.1. The highest BCUT2D eigenvalue weighted by Crippen LogP contribution is 2.25. The van der Waals surface area contributed by atoms with Crippen LogP contribution in [0.5, 0.6) is 0 Å². The van der Waals surface area contributed by atoms with E-state index in [1.54, 1.807) is 10.9 Å². The summed E-state index contributed by atoms with van der Waals surface area (Å²) in [5, 5.41) is 15.9. The zero-order chi connectivity index (χ0) is 21.1. The summed E-state index contributed by atoms with van der Waals surface area (Å²) in [6, 6.07) is 4.74. The zero-order valence-electron chi connectivity index (χ0n) is 16.1. The molecule has 0 saturated carbocycles. The van der Waals surface area contributed by atoms with Gasteiger partial charge in [-0.3, -0.25) is 10.1 Å². The molecule has 1 saturated heterocycles. The van der Waals surface area contributed by atoms with Gasteiger partial charge in [0.25, 0.3) is 5.69 Å². The first-order chi connectivity index (χ1) is 14.5. The van der Waals surface area contributed by atoms with Crippen molar-refractivity contribution in [1.29, 1.82) is 0 Å². The number of aromatic nitrogens is 4. The van der Waals surface area contributed by atoms with Crippen LogP contribution in [-0.4, -0.2) is 52.7 Å². The highest BCUT2D eigenvalue weighted by atomic mass is 32.2. The predicted octanol–water partition coefficient (Wildman–Crippen LogP) is 1.70. The number of hydrogen-bond acceptors (Lipinski definition) is 8. The number of nitro benzene ring substituents is 1. The van der Waals surface area contributed by atoms with Crippen LogP contribution in [0.3, 0.4) is 0 Å². The third kappa shape index (κ3) is 4.09. The zero-order valence-corrected chi connectivity index (χ0v) is 17.0. The lowest BCUT2D eigenvalue weighted by Crippen LogP contribution is -2.30. The van der Waals surface area contributed by atoms with E-state index in [0.29, 0.717) is 5.65 Å². The second-order valence-electron chi connectivity index (χ2n) is 7.00. The van der Waals surface area contributed by atoms with Crippen molar-refractivity contribution >= 4 is 32.6 Å². The normalized spacial score (nSPS) is 14.9. The Labute approximate surface area is 172 Å². The highest BCUT2D eigenvalue weighted by Gasteiger charge is 2.19. The second kappa shape index (κ2) is 8.32. The van der Waals surface area contributed by atoms with Crippen LogP contribution in [0.25, 0.3) is 11.0 Å². The Kier molecular flexibility index (Phi) is 5.59. The van der Waals surface area contributed by atoms with E-state index >= 15 is 0 Å². The van der Waals surface area contributed by atoms with Crippen molar-refractivity contribution in [3.63, 3.8) is 0 Å². The quantitative estimate of drug-likeness (QED) is 0.441. The van der Waals surface area contributed by atoms with Gasteiger partial charge in [-0.2, -0.15) is 5.10 Å². The lowest BCUT2D eigenvalue weighted by Gasteiger charge is -2.27. The maximum Gasteiger partial charge on any atom is 0.269 e. The van der Waals surface area contributed by atoms with E-state index in [-0.39, 0.29) is 23.7 Å². The first-order valence-electron chi connectivity index (χ1n) is 9.61. The van der Waals surface area contributed by atoms with Crippen LogP contribution in [0.1, 0.15) is 19.3 Å². The van der Waals surface area contributed by atoms with Gasteiger partial charge in [-0.1, -0.05) is 0 Å². The minimum atomic E-state index is -3.79. The third-order valence-electron chi connectivity index (χ3n) is 5.04. The molecule has 0 spiro atoms. The minimum absolute atomic E-state index is 0.0341. The maximum atomic E-state index is 12.4. The van der Waals surface area contributed by atoms with Crippen molar-refractivity contribution in [3.05, 3.63) is 46.9 Å². The van der Waals surface area contributed by atoms with E-state index in [1.165, 1.54) is 24.9 Å². The number of nitrogens with zero attached hydrogens (tertiary/aromatic N) is 6. The van der Waals surface area contributed by atoms with Gasteiger partial charge in [0.1, 0.15) is 12.1 Å². The molecule has 3 heterocycles. The molecule has 0 radical (unpaired) electrons. The van der Waals surface area contributed by atoms with E-state index in [9.17, 15) is 18.5 Å². The Morgan fingerprint density at radius 3 is 2.53 bits per heavy atom. The first-order valence-corrected chi connectivity index (χ1v) is 11.1. The summed E-state index contributed by atoms with van der Waals surface area (Å²) in [6.45, 7) is 2.28. The fourth-order valence-corrected chi connectivity index (χ4v) is 4.54. The van der Waals surface area contributed by atoms with Crippen molar-refractivity contribution in [1.82, 2.24) is 24.5 Å². The number of non-ortho nitro benzene ring substituents is 1. The van der Waals surface area contributed by atoms with Gasteiger partial charge in [-0.05, 0) is 31.4 Å². The Hall–Kier alpha value is -3.12. The predicted molar refractivity (Wildman–Crippen MR) is 110 cm³/mol. The average Bonchev–Trinajstić information content (AvgIpc) is 3.17. The second-order valence-corrected chi connectivity index (χ2v) is 8.77. The largest absolute Gasteiger partial charge is 0.356 e. The fourth-order valence-electron chi connectivity index (χ4n) is 3.52. The van der Waals surface area contributed by atoms with E-state index in [2.05, 4.69) is 24.7 Å². The summed E-state index contributed by atoms with van der Waals surface area (Å²) >= 11 is 0. The molecule has 0 amide bonds. The molecular formula is C18H21N7O4S. The minimum Gasteiger partial charge on any atom is -0.356 e. The van der Waals surface area contributed by atoms with Gasteiger partial charge < -0.3 is 4.90 Å². The molecule has 30 heavy (non-hydrogen) atoms. The number of rotatable bonds is 7. The molecule has 1 N–H and O–H groups in total. The SMILES string of the molecule is O=[N+]([O-])c1ccc(S(=O)(=O)NCCn2ncc3c(N4CCCCC4)ncnc32)cc1. The van der Waals surface area contributed by atoms with Crippen LogP contribution in [0.15, 0.2) is 41.7 Å². The molecule has 1 fully saturated rings. The molecule has 158 valence electrons. The summed E-state index contributed by atoms with van der Waals surface area (Å²) in [5.41, 5.74) is 0.487. The van der Waals surface area contributed by atoms with Crippen LogP contribution in [-0.2, 0) is 16.6 Å². The highest BCUT2D eigenvalue weighted by molar-refractivity contribution is 7.89. The number of benzene rings is 1. The Morgan fingerprint density at radius 2 is 1.83 bits per heavy atom. The smallest absolute Gasteiger partial charge is 0.269 e. The summed E-state index contributed by atoms with van der Waals surface area (Å²) in [7, 11) is -3.79. The van der Waals surface area contributed by atoms with Crippen LogP contribution in [0.2, 0.25) is 0 Å². The topological polar surface area (TPSA) is 136 Å². The average molecular weight is 431 g/mol. The number of anilines is 1. The number of sulfonamides is 1. The molecule has 0 atom stereocenters. The molecule has 0 bridgehead atoms. The van der Waals surface area contributed by atoms with E-state index in [0.717, 1.165) is 49.3 Å². The molecule has 2 aromatic heterocycles. The molecule has 0 unspecified atom stereocenters. The number of nitro groups is 1. The van der Waals surface area contributed by atoms with Gasteiger partial charge in [0, 0.05) is 31.8 Å². The Morgan fingerprint density at radius 1 is 1.10 bits per heavy atom. The Bertz CT molecular complexity index is 1150. The third-order valence-corrected chi connectivity index (χ3v) is 6.52. The van der Waals surface area contributed by atoms with Crippen LogP contribution in [0.4, 0.5) is 11.5 Å². The number of hydrogen-bond donors (Lipinski definition) is 1. The van der Waals surface area contributed by atoms with E-state index in [4.69, 9.17) is 0 Å². The molecule has 1 aliphatic rings. The van der Waals surface area contributed by atoms with Crippen molar-refractivity contribution in [2.24, 2.45) is 0 Å². The maximum absolute atomic E-state index is 12.4. The molecule has 0 aliphatic carbocycles. The van der Waals surface area contributed by atoms with E-state index < -0.39 is 14.9 Å². The molecular weight excluding hydrogens is 410 g/mol. The Balaban J connectivity index is 1.45. The molecule has 12 heteroatoms. The van der Waals surface area contributed by atoms with Gasteiger partial charge in [0.05, 0.1) is 27.9 Å². The van der Waals surface area contributed by atoms with Crippen molar-refractivity contribution < 1.29 is 13.3 Å². The van der Waals surface area contributed by atoms with Crippen molar-refractivity contribution in [2.45, 2.75) is 30.7 Å². The monoisotopic (exact) mass is 431 g/mol. The summed E-state index contributed by atoms with van der Waals surface area (Å²) in [4.78, 5) is 21.1. The number of nitrogens with one attached hydrogen (secondary N) is 1. The molecule has 3 aromatic rings. The van der Waals surface area contributed by atoms with Crippen molar-refractivity contribution in [3.8, 4) is 0 Å². The van der Waals surface area contributed by atoms with Gasteiger partial charge in [-0.25, -0.2) is 27.8 Å². The van der Waals surface area contributed by atoms with Gasteiger partial charge in [0.2, 0.25) is 10.0 Å². The van der Waals surface area contributed by atoms with Crippen LogP contribution in [0, 0.1) is 10.1 Å². The summed E-state index contributed by atoms with van der Waals surface area (Å²) in [5.74, 6) is 0.859. The number of piperidine rings is 1. The van der Waals surface area contributed by atoms with Crippen molar-refractivity contribution in [2.75, 3.05) is 24.5 Å².